The van der Waals surface area contributed by atoms with Gasteiger partial charge in [0.25, 0.3) is 0 Å². The maximum absolute atomic E-state index is 2.57. The summed E-state index contributed by atoms with van der Waals surface area (Å²) >= 11 is 0. The number of anilines is 2. The summed E-state index contributed by atoms with van der Waals surface area (Å²) in [4.78, 5) is 2.57. The largest absolute Gasteiger partial charge is 0.335 e. The number of rotatable bonds is 2. The van der Waals surface area contributed by atoms with Gasteiger partial charge in [0.1, 0.15) is 0 Å². The van der Waals surface area contributed by atoms with E-state index in [-0.39, 0.29) is 0 Å². The Hall–Kier alpha value is -5.14. The van der Waals surface area contributed by atoms with Gasteiger partial charge in [-0.15, -0.1) is 0 Å². The summed E-state index contributed by atoms with van der Waals surface area (Å²) in [6, 6.07) is 47.3. The average molecular weight is 536 g/mol. The van der Waals surface area contributed by atoms with E-state index in [4.69, 9.17) is 0 Å². The van der Waals surface area contributed by atoms with E-state index < -0.39 is 0 Å². The summed E-state index contributed by atoms with van der Waals surface area (Å²) in [5.74, 6) is 0. The van der Waals surface area contributed by atoms with Crippen LogP contribution in [0, 0.1) is 0 Å². The highest BCUT2D eigenvalue weighted by molar-refractivity contribution is 6.22. The van der Waals surface area contributed by atoms with Gasteiger partial charge in [0.2, 0.25) is 0 Å². The highest BCUT2D eigenvalue weighted by Crippen LogP contribution is 2.50. The number of nitrogens with zero attached hydrogens (tertiary/aromatic N) is 1. The Bertz CT molecular complexity index is 2270. The van der Waals surface area contributed by atoms with E-state index in [0.29, 0.717) is 0 Å². The molecule has 9 rings (SSSR count). The summed E-state index contributed by atoms with van der Waals surface area (Å²) < 4.78 is 0. The maximum atomic E-state index is 2.57. The number of hydrogen-bond acceptors (Lipinski definition) is 1. The van der Waals surface area contributed by atoms with Gasteiger partial charge in [-0.1, -0.05) is 121 Å². The van der Waals surface area contributed by atoms with Crippen LogP contribution in [0.25, 0.3) is 66.7 Å². The summed E-state index contributed by atoms with van der Waals surface area (Å²) in [7, 11) is 0. The van der Waals surface area contributed by atoms with Gasteiger partial charge in [-0.3, -0.25) is 0 Å². The third-order valence-electron chi connectivity index (χ3n) is 9.25. The minimum Gasteiger partial charge on any atom is -0.335 e. The quantitative estimate of drug-likeness (QED) is 0.199. The zero-order valence-corrected chi connectivity index (χ0v) is 23.3. The standard InChI is InChI=1S/C41H29N/c1-2-13-28(14-3-1)40-33-17-6-8-19-35(33)41(36-20-9-7-18-34(36)40)42-26-30-24-29-23-22-27-12-4-5-15-31(27)37(29)25-38(30)32-16-10-11-21-39(32)42/h1-3,6-25H,4-5,26H2. The van der Waals surface area contributed by atoms with Crippen LogP contribution in [0.1, 0.15) is 18.4 Å². The molecule has 0 radical (unpaired) electrons. The molecule has 0 bridgehead atoms. The Morgan fingerprint density at radius 1 is 0.500 bits per heavy atom. The Morgan fingerprint density at radius 3 is 1.95 bits per heavy atom. The molecule has 42 heavy (non-hydrogen) atoms. The van der Waals surface area contributed by atoms with Gasteiger partial charge in [-0.25, -0.2) is 0 Å². The third-order valence-corrected chi connectivity index (χ3v) is 9.25. The van der Waals surface area contributed by atoms with Crippen molar-refractivity contribution in [2.75, 3.05) is 4.90 Å². The van der Waals surface area contributed by atoms with Crippen LogP contribution in [-0.2, 0) is 6.54 Å². The molecule has 2 aliphatic rings. The Labute approximate surface area is 245 Å². The van der Waals surface area contributed by atoms with E-state index in [0.717, 1.165) is 19.4 Å². The second-order valence-electron chi connectivity index (χ2n) is 11.6. The van der Waals surface area contributed by atoms with Crippen LogP contribution in [0.2, 0.25) is 0 Å². The van der Waals surface area contributed by atoms with Crippen molar-refractivity contribution in [3.63, 3.8) is 0 Å². The van der Waals surface area contributed by atoms with Crippen molar-refractivity contribution >= 4 is 55.8 Å². The molecule has 1 nitrogen and oxygen atoms in total. The van der Waals surface area contributed by atoms with E-state index in [2.05, 4.69) is 144 Å². The zero-order valence-electron chi connectivity index (χ0n) is 23.3. The first-order valence-electron chi connectivity index (χ1n) is 15.0. The number of hydrogen-bond donors (Lipinski definition) is 0. The maximum Gasteiger partial charge on any atom is 0.0573 e. The van der Waals surface area contributed by atoms with E-state index in [1.165, 1.54) is 81.9 Å². The second kappa shape index (κ2) is 9.19. The number of benzene rings is 7. The summed E-state index contributed by atoms with van der Waals surface area (Å²) in [6.07, 6.45) is 7.07. The zero-order chi connectivity index (χ0) is 27.6. The molecule has 1 heterocycles. The van der Waals surface area contributed by atoms with Gasteiger partial charge >= 0.3 is 0 Å². The van der Waals surface area contributed by atoms with Crippen LogP contribution in [0.4, 0.5) is 11.4 Å². The summed E-state index contributed by atoms with van der Waals surface area (Å²) in [5.41, 5.74) is 9.15. The molecule has 0 aromatic heterocycles. The van der Waals surface area contributed by atoms with Gasteiger partial charge in [-0.05, 0) is 85.3 Å². The van der Waals surface area contributed by atoms with Gasteiger partial charge in [-0.2, -0.15) is 0 Å². The second-order valence-corrected chi connectivity index (χ2v) is 11.6. The minimum absolute atomic E-state index is 0.827. The molecule has 1 aliphatic carbocycles. The van der Waals surface area contributed by atoms with Crippen molar-refractivity contribution in [1.29, 1.82) is 0 Å². The fraction of sp³-hybridized carbons (Fsp3) is 0.0732. The lowest BCUT2D eigenvalue weighted by atomic mass is 9.87. The van der Waals surface area contributed by atoms with Crippen molar-refractivity contribution in [2.45, 2.75) is 19.4 Å². The summed E-state index contributed by atoms with van der Waals surface area (Å²) in [6.45, 7) is 0.827. The van der Waals surface area contributed by atoms with Crippen molar-refractivity contribution in [3.05, 3.63) is 143 Å². The molecular formula is C41H29N. The number of fused-ring (bicyclic) bond motifs is 8. The molecule has 1 heteroatoms. The molecule has 1 aliphatic heterocycles. The molecule has 0 saturated carbocycles. The fourth-order valence-electron chi connectivity index (χ4n) is 7.42. The molecule has 7 aromatic carbocycles. The van der Waals surface area contributed by atoms with Gasteiger partial charge < -0.3 is 4.90 Å². The minimum atomic E-state index is 0.827. The van der Waals surface area contributed by atoms with E-state index >= 15 is 0 Å². The van der Waals surface area contributed by atoms with Crippen molar-refractivity contribution in [1.82, 2.24) is 0 Å². The van der Waals surface area contributed by atoms with E-state index in [9.17, 15) is 0 Å². The Morgan fingerprint density at radius 2 is 1.17 bits per heavy atom. The first-order valence-corrected chi connectivity index (χ1v) is 15.0. The average Bonchev–Trinajstić information content (AvgIpc) is 3.06. The molecule has 0 atom stereocenters. The Kier molecular flexibility index (Phi) is 5.15. The van der Waals surface area contributed by atoms with Crippen LogP contribution in [0.5, 0.6) is 0 Å². The van der Waals surface area contributed by atoms with Gasteiger partial charge in [0.15, 0.2) is 0 Å². The monoisotopic (exact) mass is 535 g/mol. The molecule has 0 saturated heterocycles. The molecule has 0 N–H and O–H groups in total. The Balaban J connectivity index is 1.35. The molecule has 198 valence electrons. The molecular weight excluding hydrogens is 506 g/mol. The summed E-state index contributed by atoms with van der Waals surface area (Å²) in [5, 5.41) is 10.6. The SMILES string of the molecule is C1=c2ccc3cc4c(cc3c2=CCC1)-c1ccccc1N(c1c2ccccc2c(-c2ccccc2)c2ccccc12)C4. The predicted octanol–water partition coefficient (Wildman–Crippen LogP) is 9.49. The topological polar surface area (TPSA) is 3.24 Å². The number of para-hydroxylation sites is 1. The van der Waals surface area contributed by atoms with E-state index in [1.54, 1.807) is 0 Å². The predicted molar refractivity (Wildman–Crippen MR) is 180 cm³/mol. The van der Waals surface area contributed by atoms with Crippen molar-refractivity contribution in [3.8, 4) is 22.3 Å². The van der Waals surface area contributed by atoms with Crippen LogP contribution in [0.15, 0.2) is 127 Å². The first-order chi connectivity index (χ1) is 20.8. The van der Waals surface area contributed by atoms with Crippen LogP contribution < -0.4 is 15.3 Å². The highest BCUT2D eigenvalue weighted by atomic mass is 15.1. The molecule has 0 spiro atoms. The van der Waals surface area contributed by atoms with Crippen LogP contribution in [-0.4, -0.2) is 0 Å². The van der Waals surface area contributed by atoms with E-state index in [1.807, 2.05) is 0 Å². The highest BCUT2D eigenvalue weighted by Gasteiger charge is 2.27. The normalized spacial score (nSPS) is 13.8. The fourth-order valence-corrected chi connectivity index (χ4v) is 7.42. The van der Waals surface area contributed by atoms with Crippen LogP contribution >= 0.6 is 0 Å². The van der Waals surface area contributed by atoms with Crippen molar-refractivity contribution < 1.29 is 0 Å². The lowest BCUT2D eigenvalue weighted by molar-refractivity contribution is 0.973. The molecule has 0 unspecified atom stereocenters. The smallest absolute Gasteiger partial charge is 0.0573 e. The van der Waals surface area contributed by atoms with Gasteiger partial charge in [0.05, 0.1) is 5.69 Å². The van der Waals surface area contributed by atoms with Gasteiger partial charge in [0, 0.05) is 28.6 Å². The molecule has 7 aromatic rings. The first kappa shape index (κ1) is 23.6. The van der Waals surface area contributed by atoms with Crippen LogP contribution in [0.3, 0.4) is 0 Å². The lowest BCUT2D eigenvalue weighted by Crippen LogP contribution is -2.27. The molecule has 0 fully saturated rings. The molecule has 0 amide bonds. The van der Waals surface area contributed by atoms with Crippen molar-refractivity contribution in [2.24, 2.45) is 0 Å². The third kappa shape index (κ3) is 3.44. The lowest BCUT2D eigenvalue weighted by Gasteiger charge is -2.35.